The third kappa shape index (κ3) is 7.97. The van der Waals surface area contributed by atoms with Gasteiger partial charge < -0.3 is 9.52 Å². The summed E-state index contributed by atoms with van der Waals surface area (Å²) in [5.41, 5.74) is 17.6. The van der Waals surface area contributed by atoms with Crippen LogP contribution in [0.25, 0.3) is 112 Å². The lowest BCUT2D eigenvalue weighted by Gasteiger charge is -2.27. The van der Waals surface area contributed by atoms with E-state index < -0.39 is 0 Å². The molecule has 0 amide bonds. The van der Waals surface area contributed by atoms with Crippen LogP contribution in [0.2, 0.25) is 0 Å². The number of furan rings is 1. The van der Waals surface area contributed by atoms with E-state index in [9.17, 15) is 5.11 Å². The molecule has 0 spiro atoms. The van der Waals surface area contributed by atoms with Crippen molar-refractivity contribution in [2.45, 2.75) is 78.6 Å². The second kappa shape index (κ2) is 17.3. The Hall–Kier alpha value is -8.48. The van der Waals surface area contributed by atoms with E-state index in [0.717, 1.165) is 117 Å². The Labute approximate surface area is 433 Å². The van der Waals surface area contributed by atoms with Crippen molar-refractivity contribution in [1.82, 2.24) is 19.1 Å². The van der Waals surface area contributed by atoms with Crippen molar-refractivity contribution in [1.29, 1.82) is 0 Å². The van der Waals surface area contributed by atoms with Gasteiger partial charge in [0.05, 0.1) is 27.8 Å². The second-order valence-corrected chi connectivity index (χ2v) is 22.9. The number of fused-ring (bicyclic) bond motifs is 6. The zero-order valence-electron chi connectivity index (χ0n) is 43.6. The lowest BCUT2D eigenvalue weighted by atomic mass is 9.79. The Morgan fingerprint density at radius 2 is 1.05 bits per heavy atom. The predicted molar refractivity (Wildman–Crippen MR) is 308 cm³/mol. The molecule has 364 valence electrons. The standard InChI is InChI=1S/C68H60N4O2/c1-66(2,3)47-37-45(36-46(38-47)64-69-56-35-34-53-52-33-32-44(42-22-13-10-14-23-42)39-59(52)74-63(53)61(56)71(64)49-26-17-12-18-27-49)51-29-21-31-58-60(51)70-65(54-40-48(67(4,5)6)41-55(62(54)73)68(7,8)9)72(58)57-30-20-19-28-50(57)43-24-15-11-16-25-43/h10-41,73H,1-9H3. The molecule has 6 heteroatoms. The minimum Gasteiger partial charge on any atom is -0.507 e. The second-order valence-electron chi connectivity index (χ2n) is 22.9. The van der Waals surface area contributed by atoms with Crippen molar-refractivity contribution >= 4 is 44.0 Å². The molecule has 0 saturated carbocycles. The first-order valence-electron chi connectivity index (χ1n) is 25.7. The monoisotopic (exact) mass is 964 g/mol. The fourth-order valence-electron chi connectivity index (χ4n) is 10.7. The average molecular weight is 965 g/mol. The molecule has 0 aliphatic carbocycles. The molecule has 0 aliphatic heterocycles. The van der Waals surface area contributed by atoms with Gasteiger partial charge in [0.2, 0.25) is 0 Å². The highest BCUT2D eigenvalue weighted by atomic mass is 16.3. The number of phenolic OH excluding ortho intramolecular Hbond substituents is 1. The fraction of sp³-hybridized carbons (Fsp3) is 0.176. The number of hydrogen-bond acceptors (Lipinski definition) is 4. The van der Waals surface area contributed by atoms with Crippen LogP contribution in [-0.4, -0.2) is 24.2 Å². The van der Waals surface area contributed by atoms with Crippen molar-refractivity contribution in [2.75, 3.05) is 0 Å². The van der Waals surface area contributed by atoms with Gasteiger partial charge in [-0.3, -0.25) is 9.13 Å². The maximum Gasteiger partial charge on any atom is 0.161 e. The number of aromatic hydroxyl groups is 1. The van der Waals surface area contributed by atoms with Gasteiger partial charge in [-0.15, -0.1) is 0 Å². The maximum absolute atomic E-state index is 12.6. The van der Waals surface area contributed by atoms with E-state index >= 15 is 0 Å². The molecule has 0 saturated heterocycles. The van der Waals surface area contributed by atoms with Gasteiger partial charge in [0.1, 0.15) is 28.5 Å². The van der Waals surface area contributed by atoms with Crippen LogP contribution in [0.1, 0.15) is 79.0 Å². The van der Waals surface area contributed by atoms with E-state index in [2.05, 4.69) is 260 Å². The van der Waals surface area contributed by atoms with Crippen molar-refractivity contribution in [3.8, 4) is 73.3 Å². The van der Waals surface area contributed by atoms with Crippen molar-refractivity contribution in [3.63, 3.8) is 0 Å². The van der Waals surface area contributed by atoms with E-state index in [4.69, 9.17) is 14.4 Å². The molecular weight excluding hydrogens is 905 g/mol. The Morgan fingerprint density at radius 1 is 0.432 bits per heavy atom. The molecule has 0 fully saturated rings. The molecule has 74 heavy (non-hydrogen) atoms. The van der Waals surface area contributed by atoms with E-state index in [1.54, 1.807) is 0 Å². The van der Waals surface area contributed by atoms with Crippen molar-refractivity contribution in [3.05, 3.63) is 211 Å². The summed E-state index contributed by atoms with van der Waals surface area (Å²) in [5, 5.41) is 14.7. The molecule has 9 aromatic carbocycles. The minimum absolute atomic E-state index is 0.200. The quantitative estimate of drug-likeness (QED) is 0.173. The van der Waals surface area contributed by atoms with Crippen LogP contribution in [0.15, 0.2) is 199 Å². The summed E-state index contributed by atoms with van der Waals surface area (Å²) in [5.74, 6) is 1.73. The van der Waals surface area contributed by atoms with E-state index in [0.29, 0.717) is 11.4 Å². The highest BCUT2D eigenvalue weighted by molar-refractivity contribution is 6.15. The van der Waals surface area contributed by atoms with Crippen LogP contribution >= 0.6 is 0 Å². The first-order valence-corrected chi connectivity index (χ1v) is 25.7. The third-order valence-corrected chi connectivity index (χ3v) is 14.7. The van der Waals surface area contributed by atoms with Gasteiger partial charge in [-0.2, -0.15) is 0 Å². The van der Waals surface area contributed by atoms with Crippen LogP contribution in [-0.2, 0) is 16.2 Å². The summed E-state index contributed by atoms with van der Waals surface area (Å²) in [6.45, 7) is 20.0. The molecule has 3 aromatic heterocycles. The van der Waals surface area contributed by atoms with Gasteiger partial charge in [-0.1, -0.05) is 190 Å². The van der Waals surface area contributed by atoms with Crippen LogP contribution in [0, 0.1) is 0 Å². The van der Waals surface area contributed by atoms with Gasteiger partial charge in [-0.25, -0.2) is 9.97 Å². The van der Waals surface area contributed by atoms with E-state index in [-0.39, 0.29) is 22.0 Å². The van der Waals surface area contributed by atoms with Gasteiger partial charge in [0.15, 0.2) is 5.58 Å². The van der Waals surface area contributed by atoms with Crippen molar-refractivity contribution < 1.29 is 9.52 Å². The number of phenols is 1. The number of imidazole rings is 2. The van der Waals surface area contributed by atoms with Crippen molar-refractivity contribution in [2.24, 2.45) is 0 Å². The van der Waals surface area contributed by atoms with Gasteiger partial charge >= 0.3 is 0 Å². The topological polar surface area (TPSA) is 69.0 Å². The number of hydrogen-bond donors (Lipinski definition) is 1. The predicted octanol–water partition coefficient (Wildman–Crippen LogP) is 18.2. The van der Waals surface area contributed by atoms with Crippen LogP contribution < -0.4 is 0 Å². The molecule has 0 unspecified atom stereocenters. The number of para-hydroxylation sites is 3. The van der Waals surface area contributed by atoms with E-state index in [1.807, 2.05) is 6.07 Å². The maximum atomic E-state index is 12.6. The largest absolute Gasteiger partial charge is 0.507 e. The van der Waals surface area contributed by atoms with Gasteiger partial charge in [0.25, 0.3) is 0 Å². The average Bonchev–Trinajstić information content (AvgIpc) is 4.11. The van der Waals surface area contributed by atoms with Gasteiger partial charge in [-0.05, 0) is 116 Å². The smallest absolute Gasteiger partial charge is 0.161 e. The fourth-order valence-corrected chi connectivity index (χ4v) is 10.7. The number of aromatic nitrogens is 4. The Morgan fingerprint density at radius 3 is 1.76 bits per heavy atom. The SMILES string of the molecule is CC(C)(C)c1cc(-c2cccc3c2nc(-c2cc(C(C)(C)C)cc(C(C)(C)C)c2O)n3-c2ccccc2-c2ccccc2)cc(-c2nc3ccc4c5ccc(-c6ccccc6)cc5oc4c3n2-c2ccccc2)c1. The summed E-state index contributed by atoms with van der Waals surface area (Å²) in [4.78, 5) is 11.2. The molecule has 3 heterocycles. The van der Waals surface area contributed by atoms with Gasteiger partial charge in [0, 0.05) is 38.7 Å². The Balaban J connectivity index is 1.13. The molecular formula is C68H60N4O2. The highest BCUT2D eigenvalue weighted by Crippen LogP contribution is 2.47. The van der Waals surface area contributed by atoms with Crippen LogP contribution in [0.4, 0.5) is 0 Å². The lowest BCUT2D eigenvalue weighted by Crippen LogP contribution is -2.17. The molecule has 6 nitrogen and oxygen atoms in total. The third-order valence-electron chi connectivity index (χ3n) is 14.7. The summed E-state index contributed by atoms with van der Waals surface area (Å²) >= 11 is 0. The lowest BCUT2D eigenvalue weighted by molar-refractivity contribution is 0.446. The number of rotatable bonds is 7. The van der Waals surface area contributed by atoms with Crippen LogP contribution in [0.3, 0.4) is 0 Å². The first-order chi connectivity index (χ1) is 35.5. The molecule has 12 aromatic rings. The number of nitrogens with zero attached hydrogens (tertiary/aromatic N) is 4. The zero-order valence-corrected chi connectivity index (χ0v) is 43.6. The zero-order chi connectivity index (χ0) is 51.3. The molecule has 0 bridgehead atoms. The summed E-state index contributed by atoms with van der Waals surface area (Å²) < 4.78 is 11.5. The molecule has 0 radical (unpaired) electrons. The summed E-state index contributed by atoms with van der Waals surface area (Å²) in [6.07, 6.45) is 0. The highest BCUT2D eigenvalue weighted by Gasteiger charge is 2.30. The summed E-state index contributed by atoms with van der Waals surface area (Å²) in [6, 6.07) is 68.5. The molecule has 12 rings (SSSR count). The molecule has 0 aliphatic rings. The van der Waals surface area contributed by atoms with E-state index in [1.165, 1.54) is 0 Å². The van der Waals surface area contributed by atoms with Crippen LogP contribution in [0.5, 0.6) is 5.75 Å². The molecule has 0 atom stereocenters. The normalized spacial score (nSPS) is 12.4. The Kier molecular flexibility index (Phi) is 10.9. The Bertz CT molecular complexity index is 4120. The minimum atomic E-state index is -0.341. The number of benzene rings is 9. The molecule has 1 N–H and O–H groups in total. The first kappa shape index (κ1) is 46.6. The summed E-state index contributed by atoms with van der Waals surface area (Å²) in [7, 11) is 0.